The molecule has 3 rings (SSSR count). The van der Waals surface area contributed by atoms with Gasteiger partial charge in [0.1, 0.15) is 5.76 Å². The second-order valence-corrected chi connectivity index (χ2v) is 9.66. The van der Waals surface area contributed by atoms with Gasteiger partial charge in [0.15, 0.2) is 5.82 Å². The Morgan fingerprint density at radius 1 is 1.16 bits per heavy atom. The molecular formula is C20H29N5O5S. The molecule has 1 aliphatic rings. The van der Waals surface area contributed by atoms with Crippen molar-refractivity contribution < 1.29 is 22.5 Å². The van der Waals surface area contributed by atoms with Crippen LogP contribution in [0.25, 0.3) is 0 Å². The molecule has 0 radical (unpaired) electrons. The summed E-state index contributed by atoms with van der Waals surface area (Å²) in [4.78, 5) is 12.5. The Labute approximate surface area is 182 Å². The first-order chi connectivity index (χ1) is 14.8. The van der Waals surface area contributed by atoms with Crippen LogP contribution < -0.4 is 16.0 Å². The highest BCUT2D eigenvalue weighted by atomic mass is 32.2. The van der Waals surface area contributed by atoms with Gasteiger partial charge in [-0.2, -0.15) is 4.31 Å². The number of carbonyl (C=O) groups excluding carboxylic acids is 1. The maximum Gasteiger partial charge on any atom is 0.244 e. The van der Waals surface area contributed by atoms with Crippen LogP contribution in [0.1, 0.15) is 19.6 Å². The summed E-state index contributed by atoms with van der Waals surface area (Å²) in [5.74, 6) is 0.975. The first-order valence-electron chi connectivity index (χ1n) is 10.2. The van der Waals surface area contributed by atoms with Crippen LogP contribution in [0.15, 0.2) is 33.7 Å². The van der Waals surface area contributed by atoms with Gasteiger partial charge >= 0.3 is 0 Å². The number of aryl methyl sites for hydroxylation is 1. The van der Waals surface area contributed by atoms with E-state index in [9.17, 15) is 13.2 Å². The lowest BCUT2D eigenvalue weighted by Crippen LogP contribution is -2.40. The van der Waals surface area contributed by atoms with Crippen LogP contribution in [-0.4, -0.2) is 63.2 Å². The van der Waals surface area contributed by atoms with Gasteiger partial charge in [-0.25, -0.2) is 8.42 Å². The first kappa shape index (κ1) is 23.0. The largest absolute Gasteiger partial charge is 0.383 e. The van der Waals surface area contributed by atoms with E-state index in [1.54, 1.807) is 31.2 Å². The van der Waals surface area contributed by atoms with Gasteiger partial charge in [0.25, 0.3) is 0 Å². The maximum atomic E-state index is 13.0. The molecule has 0 atom stereocenters. The lowest BCUT2D eigenvalue weighted by Gasteiger charge is -2.26. The van der Waals surface area contributed by atoms with Crippen molar-refractivity contribution in [2.24, 2.45) is 5.92 Å². The molecule has 0 bridgehead atoms. The molecule has 2 heterocycles. The molecule has 0 unspecified atom stereocenters. The molecule has 10 nitrogen and oxygen atoms in total. The van der Waals surface area contributed by atoms with E-state index in [4.69, 9.17) is 9.26 Å². The Balaban J connectivity index is 1.77. The maximum absolute atomic E-state index is 13.0. The monoisotopic (exact) mass is 451 g/mol. The number of hydrogen-bond acceptors (Lipinski definition) is 8. The normalized spacial score (nSPS) is 15.1. The number of nitrogens with one attached hydrogen (secondary N) is 3. The molecular weight excluding hydrogens is 422 g/mol. The third-order valence-corrected chi connectivity index (χ3v) is 6.53. The molecule has 11 heteroatoms. The topological polar surface area (TPSA) is 126 Å². The summed E-state index contributed by atoms with van der Waals surface area (Å²) in [6.07, 6.45) is 0. The zero-order valence-electron chi connectivity index (χ0n) is 18.0. The standard InChI is InChI=1S/C20H29N5O5S/c1-14(2)12-21-17-5-4-16(31(27,28)25-6-8-29-9-7-25)11-18(17)22-13-20(26)23-19-10-15(3)30-24-19/h4-5,10-11,14,21-22H,6-9,12-13H2,1-3H3,(H,23,24,26). The van der Waals surface area contributed by atoms with E-state index in [2.05, 4.69) is 35.0 Å². The van der Waals surface area contributed by atoms with Gasteiger partial charge < -0.3 is 25.2 Å². The second kappa shape index (κ2) is 10.1. The summed E-state index contributed by atoms with van der Waals surface area (Å²) in [6, 6.07) is 6.47. The lowest BCUT2D eigenvalue weighted by atomic mass is 10.2. The van der Waals surface area contributed by atoms with Crippen LogP contribution in [0.3, 0.4) is 0 Å². The third-order valence-electron chi connectivity index (χ3n) is 4.63. The van der Waals surface area contributed by atoms with E-state index in [0.717, 1.165) is 5.69 Å². The number of aromatic nitrogens is 1. The second-order valence-electron chi connectivity index (χ2n) is 7.72. The number of morpholine rings is 1. The Bertz CT molecular complexity index is 999. The van der Waals surface area contributed by atoms with Gasteiger partial charge in [-0.3, -0.25) is 4.79 Å². The number of rotatable bonds is 9. The highest BCUT2D eigenvalue weighted by molar-refractivity contribution is 7.89. The van der Waals surface area contributed by atoms with Gasteiger partial charge in [0.05, 0.1) is 36.0 Å². The highest BCUT2D eigenvalue weighted by Gasteiger charge is 2.27. The Morgan fingerprint density at radius 2 is 1.90 bits per heavy atom. The number of ether oxygens (including phenoxy) is 1. The van der Waals surface area contributed by atoms with Crippen molar-refractivity contribution in [2.45, 2.75) is 25.7 Å². The van der Waals surface area contributed by atoms with Gasteiger partial charge in [0.2, 0.25) is 15.9 Å². The van der Waals surface area contributed by atoms with E-state index in [0.29, 0.717) is 56.0 Å². The van der Waals surface area contributed by atoms with Gasteiger partial charge in [0, 0.05) is 25.7 Å². The molecule has 1 fully saturated rings. The predicted octanol–water partition coefficient (Wildman–Crippen LogP) is 2.12. The smallest absolute Gasteiger partial charge is 0.244 e. The summed E-state index contributed by atoms with van der Waals surface area (Å²) >= 11 is 0. The van der Waals surface area contributed by atoms with Crippen molar-refractivity contribution in [3.63, 3.8) is 0 Å². The molecule has 1 aromatic heterocycles. The minimum Gasteiger partial charge on any atom is -0.383 e. The Morgan fingerprint density at radius 3 is 2.55 bits per heavy atom. The number of carbonyl (C=O) groups is 1. The number of benzene rings is 1. The van der Waals surface area contributed by atoms with Crippen LogP contribution in [0.5, 0.6) is 0 Å². The molecule has 170 valence electrons. The molecule has 1 amide bonds. The number of anilines is 3. The van der Waals surface area contributed by atoms with E-state index in [-0.39, 0.29) is 17.3 Å². The summed E-state index contributed by atoms with van der Waals surface area (Å²) in [6.45, 7) is 7.90. The van der Waals surface area contributed by atoms with E-state index in [1.807, 2.05) is 0 Å². The fourth-order valence-corrected chi connectivity index (χ4v) is 4.46. The van der Waals surface area contributed by atoms with Gasteiger partial charge in [-0.15, -0.1) is 0 Å². The highest BCUT2D eigenvalue weighted by Crippen LogP contribution is 2.28. The number of nitrogens with zero attached hydrogens (tertiary/aromatic N) is 2. The minimum absolute atomic E-state index is 0.0661. The first-order valence-corrected chi connectivity index (χ1v) is 11.6. The zero-order valence-corrected chi connectivity index (χ0v) is 18.8. The van der Waals surface area contributed by atoms with Crippen LogP contribution >= 0.6 is 0 Å². The van der Waals surface area contributed by atoms with E-state index < -0.39 is 10.0 Å². The summed E-state index contributed by atoms with van der Waals surface area (Å²) in [5.41, 5.74) is 1.25. The molecule has 3 N–H and O–H groups in total. The molecule has 1 aromatic carbocycles. The Kier molecular flexibility index (Phi) is 7.52. The van der Waals surface area contributed by atoms with Crippen LogP contribution in [0, 0.1) is 12.8 Å². The van der Waals surface area contributed by atoms with Crippen molar-refractivity contribution in [3.8, 4) is 0 Å². The third kappa shape index (κ3) is 6.18. The van der Waals surface area contributed by atoms with Gasteiger partial charge in [-0.1, -0.05) is 19.0 Å². The fraction of sp³-hybridized carbons (Fsp3) is 0.500. The van der Waals surface area contributed by atoms with Crippen molar-refractivity contribution in [1.29, 1.82) is 0 Å². The van der Waals surface area contributed by atoms with Crippen molar-refractivity contribution in [1.82, 2.24) is 9.46 Å². The number of hydrogen-bond donors (Lipinski definition) is 3. The molecule has 31 heavy (non-hydrogen) atoms. The molecule has 1 saturated heterocycles. The average molecular weight is 452 g/mol. The molecule has 0 saturated carbocycles. The molecule has 0 spiro atoms. The van der Waals surface area contributed by atoms with E-state index >= 15 is 0 Å². The minimum atomic E-state index is -3.65. The predicted molar refractivity (Wildman–Crippen MR) is 118 cm³/mol. The number of sulfonamides is 1. The van der Waals surface area contributed by atoms with Crippen molar-refractivity contribution >= 4 is 33.1 Å². The van der Waals surface area contributed by atoms with Crippen LogP contribution in [0.4, 0.5) is 17.2 Å². The molecule has 2 aromatic rings. The summed E-state index contributed by atoms with van der Waals surface area (Å²) < 4.78 is 37.7. The van der Waals surface area contributed by atoms with Gasteiger partial charge in [-0.05, 0) is 31.0 Å². The van der Waals surface area contributed by atoms with Crippen molar-refractivity contribution in [3.05, 3.63) is 30.0 Å². The summed E-state index contributed by atoms with van der Waals surface area (Å²) in [7, 11) is -3.65. The Hall–Kier alpha value is -2.63. The van der Waals surface area contributed by atoms with E-state index in [1.165, 1.54) is 4.31 Å². The van der Waals surface area contributed by atoms with Crippen LogP contribution in [0.2, 0.25) is 0 Å². The lowest BCUT2D eigenvalue weighted by molar-refractivity contribution is -0.114. The SMILES string of the molecule is Cc1cc(NC(=O)CNc2cc(S(=O)(=O)N3CCOCC3)ccc2NCC(C)C)no1. The molecule has 0 aliphatic carbocycles. The fourth-order valence-electron chi connectivity index (χ4n) is 3.02. The molecule has 1 aliphatic heterocycles. The average Bonchev–Trinajstić information content (AvgIpc) is 3.15. The van der Waals surface area contributed by atoms with Crippen molar-refractivity contribution in [2.75, 3.05) is 55.3 Å². The van der Waals surface area contributed by atoms with Crippen LogP contribution in [-0.2, 0) is 19.6 Å². The number of amides is 1. The quantitative estimate of drug-likeness (QED) is 0.529. The zero-order chi connectivity index (χ0) is 22.4. The summed E-state index contributed by atoms with van der Waals surface area (Å²) in [5, 5.41) is 12.7.